The quantitative estimate of drug-likeness (QED) is 0.700. The molecule has 8 heteroatoms. The fraction of sp³-hybridized carbons (Fsp3) is 0.333. The first-order chi connectivity index (χ1) is 9.29. The molecule has 110 valence electrons. The number of carbonyl (C=O) groups is 2. The second-order valence-electron chi connectivity index (χ2n) is 4.03. The van der Waals surface area contributed by atoms with Crippen LogP contribution in [0.25, 0.3) is 0 Å². The van der Waals surface area contributed by atoms with Gasteiger partial charge in [-0.25, -0.2) is 13.2 Å². The lowest BCUT2D eigenvalue weighted by Crippen LogP contribution is -2.44. The molecule has 0 spiro atoms. The molecular formula is C12H15NO6S. The molecule has 20 heavy (non-hydrogen) atoms. The molecule has 0 aliphatic heterocycles. The monoisotopic (exact) mass is 301 g/mol. The zero-order valence-electron chi connectivity index (χ0n) is 11.0. The lowest BCUT2D eigenvalue weighted by atomic mass is 10.2. The summed E-state index contributed by atoms with van der Waals surface area (Å²) in [5, 5.41) is 11.2. The van der Waals surface area contributed by atoms with Crippen LogP contribution in [0.15, 0.2) is 29.2 Å². The molecule has 0 saturated carbocycles. The average Bonchev–Trinajstić information content (AvgIpc) is 2.42. The summed E-state index contributed by atoms with van der Waals surface area (Å²) in [7, 11) is -2.31. The molecule has 0 heterocycles. The lowest BCUT2D eigenvalue weighted by Gasteiger charge is -2.14. The smallest absolute Gasteiger partial charge is 0.330 e. The Morgan fingerprint density at radius 2 is 2.05 bits per heavy atom. The van der Waals surface area contributed by atoms with Gasteiger partial charge in [-0.15, -0.1) is 0 Å². The first-order valence-electron chi connectivity index (χ1n) is 5.59. The van der Waals surface area contributed by atoms with Crippen LogP contribution in [0.4, 0.5) is 0 Å². The number of hydrogen-bond donors (Lipinski definition) is 2. The van der Waals surface area contributed by atoms with Crippen molar-refractivity contribution in [3.63, 3.8) is 0 Å². The largest absolute Gasteiger partial charge is 0.467 e. The number of esters is 1. The molecule has 1 aromatic rings. The maximum absolute atomic E-state index is 11.9. The van der Waals surface area contributed by atoms with Crippen molar-refractivity contribution in [2.75, 3.05) is 20.0 Å². The number of methoxy groups -OCH3 is 1. The van der Waals surface area contributed by atoms with Crippen molar-refractivity contribution >= 4 is 21.7 Å². The molecule has 7 nitrogen and oxygen atoms in total. The summed E-state index contributed by atoms with van der Waals surface area (Å²) < 4.78 is 27.2. The zero-order valence-corrected chi connectivity index (χ0v) is 11.8. The van der Waals surface area contributed by atoms with Crippen LogP contribution >= 0.6 is 0 Å². The van der Waals surface area contributed by atoms with Crippen molar-refractivity contribution < 1.29 is 27.9 Å². The van der Waals surface area contributed by atoms with E-state index in [2.05, 4.69) is 10.1 Å². The Labute approximate surface area is 116 Å². The highest BCUT2D eigenvalue weighted by Crippen LogP contribution is 2.11. The van der Waals surface area contributed by atoms with Gasteiger partial charge in [-0.1, -0.05) is 6.07 Å². The Morgan fingerprint density at radius 1 is 1.40 bits per heavy atom. The topological polar surface area (TPSA) is 110 Å². The number of carbonyl (C=O) groups excluding carboxylic acids is 2. The maximum Gasteiger partial charge on any atom is 0.330 e. The Morgan fingerprint density at radius 3 is 2.55 bits per heavy atom. The zero-order chi connectivity index (χ0) is 15.3. The predicted octanol–water partition coefficient (Wildman–Crippen LogP) is -0.646. The van der Waals surface area contributed by atoms with E-state index in [9.17, 15) is 18.0 Å². The van der Waals surface area contributed by atoms with Gasteiger partial charge in [0.25, 0.3) is 5.91 Å². The number of amides is 1. The van der Waals surface area contributed by atoms with Crippen molar-refractivity contribution in [2.45, 2.75) is 10.9 Å². The van der Waals surface area contributed by atoms with Crippen LogP contribution in [0.2, 0.25) is 0 Å². The molecule has 1 rings (SSSR count). The summed E-state index contributed by atoms with van der Waals surface area (Å²) in [4.78, 5) is 23.1. The highest BCUT2D eigenvalue weighted by atomic mass is 32.2. The van der Waals surface area contributed by atoms with Crippen LogP contribution < -0.4 is 5.32 Å². The van der Waals surface area contributed by atoms with Crippen LogP contribution in [-0.2, 0) is 19.4 Å². The third-order valence-corrected chi connectivity index (χ3v) is 3.61. The number of nitrogens with one attached hydrogen (secondary N) is 1. The fourth-order valence-corrected chi connectivity index (χ4v) is 2.10. The highest BCUT2D eigenvalue weighted by molar-refractivity contribution is 7.90. The standard InChI is InChI=1S/C12H15NO6S/c1-19-12(16)10(7-14)13-11(15)8-4-3-5-9(6-8)20(2,17)18/h3-6,10,14H,7H2,1-2H3,(H,13,15). The van der Waals surface area contributed by atoms with Gasteiger partial charge in [0.2, 0.25) is 0 Å². The highest BCUT2D eigenvalue weighted by Gasteiger charge is 2.21. The molecule has 0 aliphatic carbocycles. The molecule has 0 aromatic heterocycles. The number of aliphatic hydroxyl groups excluding tert-OH is 1. The third-order valence-electron chi connectivity index (χ3n) is 2.50. The lowest BCUT2D eigenvalue weighted by molar-refractivity contribution is -0.143. The van der Waals surface area contributed by atoms with E-state index in [4.69, 9.17) is 5.11 Å². The molecule has 1 aromatic carbocycles. The van der Waals surface area contributed by atoms with E-state index in [1.165, 1.54) is 24.3 Å². The van der Waals surface area contributed by atoms with Gasteiger partial charge in [-0.2, -0.15) is 0 Å². The Bertz CT molecular complexity index is 610. The number of benzene rings is 1. The summed E-state index contributed by atoms with van der Waals surface area (Å²) in [6.45, 7) is -0.621. The molecule has 0 fully saturated rings. The van der Waals surface area contributed by atoms with Gasteiger partial charge in [-0.3, -0.25) is 4.79 Å². The van der Waals surface area contributed by atoms with Crippen LogP contribution in [0.1, 0.15) is 10.4 Å². The van der Waals surface area contributed by atoms with E-state index in [1.54, 1.807) is 0 Å². The second-order valence-corrected chi connectivity index (χ2v) is 6.05. The summed E-state index contributed by atoms with van der Waals surface area (Å²) in [5.74, 6) is -1.47. The van der Waals surface area contributed by atoms with Crippen LogP contribution in [0, 0.1) is 0 Å². The molecule has 0 bridgehead atoms. The summed E-state index contributed by atoms with van der Waals surface area (Å²) in [6.07, 6.45) is 1.02. The first kappa shape index (κ1) is 16.1. The molecular weight excluding hydrogens is 286 g/mol. The van der Waals surface area contributed by atoms with Crippen molar-refractivity contribution in [1.29, 1.82) is 0 Å². The molecule has 1 unspecified atom stereocenters. The molecule has 1 amide bonds. The van der Waals surface area contributed by atoms with Crippen molar-refractivity contribution in [1.82, 2.24) is 5.32 Å². The van der Waals surface area contributed by atoms with Crippen molar-refractivity contribution in [3.8, 4) is 0 Å². The van der Waals surface area contributed by atoms with Crippen LogP contribution in [-0.4, -0.2) is 51.4 Å². The minimum atomic E-state index is -3.43. The van der Waals surface area contributed by atoms with Gasteiger partial charge in [-0.05, 0) is 18.2 Å². The molecule has 1 atom stereocenters. The van der Waals surface area contributed by atoms with Gasteiger partial charge in [0, 0.05) is 11.8 Å². The molecule has 0 aliphatic rings. The van der Waals surface area contributed by atoms with Crippen LogP contribution in [0.3, 0.4) is 0 Å². The Balaban J connectivity index is 2.96. The summed E-state index contributed by atoms with van der Waals surface area (Å²) in [5.41, 5.74) is 0.0651. The van der Waals surface area contributed by atoms with Gasteiger partial charge < -0.3 is 15.2 Å². The summed E-state index contributed by atoms with van der Waals surface area (Å²) >= 11 is 0. The molecule has 2 N–H and O–H groups in total. The molecule has 0 saturated heterocycles. The fourth-order valence-electron chi connectivity index (χ4n) is 1.43. The van der Waals surface area contributed by atoms with E-state index in [1.807, 2.05) is 0 Å². The van der Waals surface area contributed by atoms with Gasteiger partial charge >= 0.3 is 5.97 Å². The summed E-state index contributed by atoms with van der Waals surface area (Å²) in [6, 6.07) is 4.16. The normalized spacial score (nSPS) is 12.6. The van der Waals surface area contributed by atoms with E-state index in [-0.39, 0.29) is 10.5 Å². The number of aliphatic hydroxyl groups is 1. The SMILES string of the molecule is COC(=O)C(CO)NC(=O)c1cccc(S(C)(=O)=O)c1. The van der Waals surface area contributed by atoms with E-state index < -0.39 is 34.4 Å². The number of ether oxygens (including phenoxy) is 1. The van der Waals surface area contributed by atoms with Gasteiger partial charge in [0.05, 0.1) is 18.6 Å². The minimum Gasteiger partial charge on any atom is -0.467 e. The molecule has 0 radical (unpaired) electrons. The number of sulfone groups is 1. The van der Waals surface area contributed by atoms with E-state index in [0.717, 1.165) is 13.4 Å². The maximum atomic E-state index is 11.9. The van der Waals surface area contributed by atoms with Crippen LogP contribution in [0.5, 0.6) is 0 Å². The Kier molecular flexibility index (Phi) is 5.23. The van der Waals surface area contributed by atoms with Gasteiger partial charge in [0.1, 0.15) is 0 Å². The third kappa shape index (κ3) is 4.04. The van der Waals surface area contributed by atoms with E-state index >= 15 is 0 Å². The van der Waals surface area contributed by atoms with Crippen molar-refractivity contribution in [2.24, 2.45) is 0 Å². The second kappa shape index (κ2) is 6.49. The minimum absolute atomic E-state index is 0.0104. The Hall–Kier alpha value is -1.93. The average molecular weight is 301 g/mol. The van der Waals surface area contributed by atoms with Gasteiger partial charge in [0.15, 0.2) is 15.9 Å². The first-order valence-corrected chi connectivity index (χ1v) is 7.48. The van der Waals surface area contributed by atoms with Crippen molar-refractivity contribution in [3.05, 3.63) is 29.8 Å². The number of rotatable bonds is 5. The number of hydrogen-bond acceptors (Lipinski definition) is 6. The predicted molar refractivity (Wildman–Crippen MR) is 69.9 cm³/mol. The van der Waals surface area contributed by atoms with E-state index in [0.29, 0.717) is 0 Å².